The van der Waals surface area contributed by atoms with E-state index in [0.29, 0.717) is 21.5 Å². The molecule has 0 spiro atoms. The number of rotatable bonds is 3. The number of hydrogen-bond acceptors (Lipinski definition) is 4. The number of carbonyl (C=O) groups excluding carboxylic acids is 1. The predicted molar refractivity (Wildman–Crippen MR) is 89.3 cm³/mol. The molecule has 0 amide bonds. The Hall–Kier alpha value is -1.85. The van der Waals surface area contributed by atoms with Crippen molar-refractivity contribution in [1.29, 1.82) is 0 Å². The third-order valence-corrected chi connectivity index (χ3v) is 4.57. The van der Waals surface area contributed by atoms with Gasteiger partial charge in [-0.25, -0.2) is 4.98 Å². The molecule has 0 aliphatic carbocycles. The van der Waals surface area contributed by atoms with Crippen molar-refractivity contribution in [2.45, 2.75) is 26.9 Å². The maximum absolute atomic E-state index is 12.8. The molecule has 3 rings (SSSR count). The van der Waals surface area contributed by atoms with Crippen LogP contribution in [0.25, 0.3) is 10.1 Å². The number of carbonyl (C=O) groups is 1. The fourth-order valence-electron chi connectivity index (χ4n) is 2.24. The van der Waals surface area contributed by atoms with Crippen LogP contribution in [0.1, 0.15) is 29.3 Å². The zero-order valence-electron chi connectivity index (χ0n) is 12.5. The van der Waals surface area contributed by atoms with Crippen LogP contribution in [0.2, 0.25) is 5.02 Å². The predicted octanol–water partition coefficient (Wildman–Crippen LogP) is 4.54. The highest BCUT2D eigenvalue weighted by Gasteiger charge is 2.23. The van der Waals surface area contributed by atoms with Gasteiger partial charge < -0.3 is 4.74 Å². The minimum absolute atomic E-state index is 0.0350. The first kappa shape index (κ1) is 15.1. The summed E-state index contributed by atoms with van der Waals surface area (Å²) in [6, 6.07) is 5.56. The molecule has 6 heteroatoms. The Morgan fingerprint density at radius 1 is 1.41 bits per heavy atom. The van der Waals surface area contributed by atoms with Gasteiger partial charge in [-0.15, -0.1) is 11.3 Å². The van der Waals surface area contributed by atoms with Crippen LogP contribution in [0.5, 0.6) is 5.75 Å². The Morgan fingerprint density at radius 2 is 2.18 bits per heavy atom. The fraction of sp³-hybridized carbons (Fsp3) is 0.250. The lowest BCUT2D eigenvalue weighted by Crippen LogP contribution is -2.14. The summed E-state index contributed by atoms with van der Waals surface area (Å²) in [5.74, 6) is 1.11. The zero-order chi connectivity index (χ0) is 15.9. The van der Waals surface area contributed by atoms with Crippen LogP contribution in [0.4, 0.5) is 0 Å². The molecule has 0 radical (unpaired) electrons. The summed E-state index contributed by atoms with van der Waals surface area (Å²) in [6.07, 6.45) is 3.24. The average molecular weight is 335 g/mol. The molecule has 0 atom stereocenters. The first-order chi connectivity index (χ1) is 10.5. The van der Waals surface area contributed by atoms with E-state index in [0.717, 1.165) is 10.1 Å². The molecule has 4 nitrogen and oxygen atoms in total. The number of ether oxygens (including phenoxy) is 1. The fourth-order valence-corrected chi connectivity index (χ4v) is 3.47. The molecule has 0 N–H and O–H groups in total. The minimum Gasteiger partial charge on any atom is -0.489 e. The van der Waals surface area contributed by atoms with Gasteiger partial charge in [0.25, 0.3) is 5.91 Å². The van der Waals surface area contributed by atoms with E-state index in [-0.39, 0.29) is 12.0 Å². The average Bonchev–Trinajstić information content (AvgIpc) is 3.02. The van der Waals surface area contributed by atoms with Crippen molar-refractivity contribution < 1.29 is 9.53 Å². The van der Waals surface area contributed by atoms with Gasteiger partial charge in [0, 0.05) is 27.5 Å². The lowest BCUT2D eigenvalue weighted by molar-refractivity contribution is 0.0957. The van der Waals surface area contributed by atoms with E-state index in [4.69, 9.17) is 16.3 Å². The van der Waals surface area contributed by atoms with E-state index in [2.05, 4.69) is 4.98 Å². The van der Waals surface area contributed by atoms with Gasteiger partial charge in [0.1, 0.15) is 10.7 Å². The van der Waals surface area contributed by atoms with E-state index < -0.39 is 0 Å². The Balaban J connectivity index is 2.20. The van der Waals surface area contributed by atoms with Crippen molar-refractivity contribution in [3.63, 3.8) is 0 Å². The van der Waals surface area contributed by atoms with E-state index >= 15 is 0 Å². The summed E-state index contributed by atoms with van der Waals surface area (Å²) in [6.45, 7) is 5.67. The van der Waals surface area contributed by atoms with E-state index in [9.17, 15) is 4.79 Å². The monoisotopic (exact) mass is 334 g/mol. The first-order valence-electron chi connectivity index (χ1n) is 6.90. The molecular formula is C16H15ClN2O2S. The summed E-state index contributed by atoms with van der Waals surface area (Å²) >= 11 is 7.50. The number of aromatic nitrogens is 2. The zero-order valence-corrected chi connectivity index (χ0v) is 14.0. The van der Waals surface area contributed by atoms with Crippen LogP contribution in [0.15, 0.2) is 30.6 Å². The molecule has 3 aromatic rings. The third kappa shape index (κ3) is 2.62. The summed E-state index contributed by atoms with van der Waals surface area (Å²) < 4.78 is 8.41. The molecule has 0 saturated carbocycles. The Morgan fingerprint density at radius 3 is 2.82 bits per heavy atom. The van der Waals surface area contributed by atoms with Gasteiger partial charge in [-0.2, -0.15) is 0 Å². The normalized spacial score (nSPS) is 11.3. The second-order valence-corrected chi connectivity index (χ2v) is 6.71. The van der Waals surface area contributed by atoms with Gasteiger partial charge in [-0.3, -0.25) is 9.36 Å². The molecule has 0 saturated heterocycles. The SMILES string of the molecule is Cc1nccn1C(=O)c1sc2ccc(Cl)cc2c1OC(C)C. The molecule has 2 heterocycles. The van der Waals surface area contributed by atoms with Crippen LogP contribution < -0.4 is 4.74 Å². The quantitative estimate of drug-likeness (QED) is 0.706. The van der Waals surface area contributed by atoms with Crippen molar-refractivity contribution in [3.8, 4) is 5.75 Å². The summed E-state index contributed by atoms with van der Waals surface area (Å²) in [5.41, 5.74) is 0. The maximum Gasteiger partial charge on any atom is 0.277 e. The number of thiophene rings is 1. The van der Waals surface area contributed by atoms with Crippen molar-refractivity contribution in [1.82, 2.24) is 9.55 Å². The Bertz CT molecular complexity index is 851. The van der Waals surface area contributed by atoms with Crippen molar-refractivity contribution in [2.24, 2.45) is 0 Å². The Kier molecular flexibility index (Phi) is 3.93. The number of halogens is 1. The molecule has 22 heavy (non-hydrogen) atoms. The second kappa shape index (κ2) is 5.74. The summed E-state index contributed by atoms with van der Waals surface area (Å²) in [4.78, 5) is 17.5. The summed E-state index contributed by atoms with van der Waals surface area (Å²) in [7, 11) is 0. The summed E-state index contributed by atoms with van der Waals surface area (Å²) in [5, 5.41) is 1.49. The van der Waals surface area contributed by atoms with Gasteiger partial charge in [-0.1, -0.05) is 11.6 Å². The minimum atomic E-state index is -0.136. The lowest BCUT2D eigenvalue weighted by atomic mass is 10.2. The highest BCUT2D eigenvalue weighted by atomic mass is 35.5. The molecule has 114 valence electrons. The number of hydrogen-bond donors (Lipinski definition) is 0. The molecule has 0 bridgehead atoms. The van der Waals surface area contributed by atoms with E-state index in [1.54, 1.807) is 19.3 Å². The number of imidazole rings is 1. The Labute approximate surface area is 137 Å². The standard InChI is InChI=1S/C16H15ClN2O2S/c1-9(2)21-14-12-8-11(17)4-5-13(12)22-15(14)16(20)19-7-6-18-10(19)3/h4-9H,1-3H3. The highest BCUT2D eigenvalue weighted by Crippen LogP contribution is 2.40. The van der Waals surface area contributed by atoms with Crippen molar-refractivity contribution >= 4 is 38.9 Å². The number of nitrogens with zero attached hydrogens (tertiary/aromatic N) is 2. The van der Waals surface area contributed by atoms with Crippen LogP contribution in [0, 0.1) is 6.92 Å². The topological polar surface area (TPSA) is 44.1 Å². The van der Waals surface area contributed by atoms with Crippen molar-refractivity contribution in [2.75, 3.05) is 0 Å². The smallest absolute Gasteiger partial charge is 0.277 e. The van der Waals surface area contributed by atoms with Crippen LogP contribution in [-0.4, -0.2) is 21.6 Å². The van der Waals surface area contributed by atoms with Crippen LogP contribution >= 0.6 is 22.9 Å². The first-order valence-corrected chi connectivity index (χ1v) is 8.10. The molecule has 1 aromatic carbocycles. The van der Waals surface area contributed by atoms with Crippen LogP contribution in [0.3, 0.4) is 0 Å². The van der Waals surface area contributed by atoms with Gasteiger partial charge in [0.2, 0.25) is 0 Å². The third-order valence-electron chi connectivity index (χ3n) is 3.20. The van der Waals surface area contributed by atoms with Gasteiger partial charge in [-0.05, 0) is 39.0 Å². The molecule has 0 aliphatic rings. The second-order valence-electron chi connectivity index (χ2n) is 5.22. The molecule has 0 fully saturated rings. The van der Waals surface area contributed by atoms with E-state index in [1.165, 1.54) is 15.9 Å². The molecular weight excluding hydrogens is 320 g/mol. The molecule has 0 unspecified atom stereocenters. The lowest BCUT2D eigenvalue weighted by Gasteiger charge is -2.11. The number of aryl methyl sites for hydroxylation is 1. The number of benzene rings is 1. The van der Waals surface area contributed by atoms with E-state index in [1.807, 2.05) is 32.0 Å². The maximum atomic E-state index is 12.8. The van der Waals surface area contributed by atoms with Gasteiger partial charge in [0.05, 0.1) is 6.10 Å². The number of fused-ring (bicyclic) bond motifs is 1. The van der Waals surface area contributed by atoms with Gasteiger partial charge >= 0.3 is 0 Å². The van der Waals surface area contributed by atoms with Crippen LogP contribution in [-0.2, 0) is 0 Å². The highest BCUT2D eigenvalue weighted by molar-refractivity contribution is 7.21. The largest absolute Gasteiger partial charge is 0.489 e. The molecule has 0 aliphatic heterocycles. The van der Waals surface area contributed by atoms with Crippen molar-refractivity contribution in [3.05, 3.63) is 46.3 Å². The van der Waals surface area contributed by atoms with Gasteiger partial charge in [0.15, 0.2) is 5.75 Å². The molecule has 2 aromatic heterocycles.